The minimum absolute atomic E-state index is 0.0721. The van der Waals surface area contributed by atoms with Crippen LogP contribution in [0.25, 0.3) is 11.3 Å². The van der Waals surface area contributed by atoms with Gasteiger partial charge < -0.3 is 9.80 Å². The normalized spacial score (nSPS) is 14.9. The SMILES string of the molecule is CN1CCN(C(=O)Cn2nc(-c3ccncc3)cc2Cc2ccc(F)cc2)CC1. The number of rotatable bonds is 5. The van der Waals surface area contributed by atoms with E-state index in [0.29, 0.717) is 6.42 Å². The Morgan fingerprint density at radius 1 is 1.03 bits per heavy atom. The van der Waals surface area contributed by atoms with Gasteiger partial charge in [-0.1, -0.05) is 12.1 Å². The van der Waals surface area contributed by atoms with E-state index in [1.54, 1.807) is 29.2 Å². The highest BCUT2D eigenvalue weighted by atomic mass is 19.1. The van der Waals surface area contributed by atoms with E-state index in [4.69, 9.17) is 5.10 Å². The Hall–Kier alpha value is -3.06. The third-order valence-corrected chi connectivity index (χ3v) is 5.28. The van der Waals surface area contributed by atoms with Crippen LogP contribution in [0.5, 0.6) is 0 Å². The van der Waals surface area contributed by atoms with E-state index >= 15 is 0 Å². The van der Waals surface area contributed by atoms with Crippen molar-refractivity contribution in [2.75, 3.05) is 33.2 Å². The van der Waals surface area contributed by atoms with Crippen LogP contribution < -0.4 is 0 Å². The number of pyridine rings is 1. The third-order valence-electron chi connectivity index (χ3n) is 5.28. The van der Waals surface area contributed by atoms with Crippen molar-refractivity contribution in [2.24, 2.45) is 0 Å². The minimum atomic E-state index is -0.259. The predicted octanol–water partition coefficient (Wildman–Crippen LogP) is 2.45. The summed E-state index contributed by atoms with van der Waals surface area (Å²) >= 11 is 0. The summed E-state index contributed by atoms with van der Waals surface area (Å²) in [4.78, 5) is 21.0. The summed E-state index contributed by atoms with van der Waals surface area (Å²) in [5.41, 5.74) is 3.65. The van der Waals surface area contributed by atoms with E-state index < -0.39 is 0 Å². The molecule has 29 heavy (non-hydrogen) atoms. The summed E-state index contributed by atoms with van der Waals surface area (Å²) in [5, 5.41) is 4.70. The topological polar surface area (TPSA) is 54.3 Å². The number of carbonyl (C=O) groups is 1. The molecule has 0 saturated carbocycles. The molecule has 150 valence electrons. The fourth-order valence-corrected chi connectivity index (χ4v) is 3.49. The van der Waals surface area contributed by atoms with Crippen LogP contribution in [0.4, 0.5) is 4.39 Å². The summed E-state index contributed by atoms with van der Waals surface area (Å²) in [5.74, 6) is -0.187. The lowest BCUT2D eigenvalue weighted by molar-refractivity contribution is -0.133. The summed E-state index contributed by atoms with van der Waals surface area (Å²) in [6.07, 6.45) is 4.03. The van der Waals surface area contributed by atoms with Crippen molar-refractivity contribution < 1.29 is 9.18 Å². The van der Waals surface area contributed by atoms with Crippen LogP contribution in [0, 0.1) is 5.82 Å². The van der Waals surface area contributed by atoms with Crippen molar-refractivity contribution in [3.05, 3.63) is 71.9 Å². The van der Waals surface area contributed by atoms with E-state index in [-0.39, 0.29) is 18.3 Å². The molecular formula is C22H24FN5O. The van der Waals surface area contributed by atoms with Crippen molar-refractivity contribution >= 4 is 5.91 Å². The van der Waals surface area contributed by atoms with Gasteiger partial charge in [0.15, 0.2) is 0 Å². The molecule has 4 rings (SSSR count). The van der Waals surface area contributed by atoms with Gasteiger partial charge in [-0.25, -0.2) is 4.39 Å². The number of aromatic nitrogens is 3. The fourth-order valence-electron chi connectivity index (χ4n) is 3.49. The average molecular weight is 393 g/mol. The number of likely N-dealkylation sites (N-methyl/N-ethyl adjacent to an activating group) is 1. The lowest BCUT2D eigenvalue weighted by Gasteiger charge is -2.32. The molecule has 1 saturated heterocycles. The molecular weight excluding hydrogens is 369 g/mol. The first-order chi connectivity index (χ1) is 14.1. The van der Waals surface area contributed by atoms with Crippen LogP contribution in [-0.2, 0) is 17.8 Å². The molecule has 0 spiro atoms. The van der Waals surface area contributed by atoms with Gasteiger partial charge in [-0.05, 0) is 42.9 Å². The molecule has 1 fully saturated rings. The minimum Gasteiger partial charge on any atom is -0.339 e. The smallest absolute Gasteiger partial charge is 0.244 e. The summed E-state index contributed by atoms with van der Waals surface area (Å²) in [6, 6.07) is 12.2. The van der Waals surface area contributed by atoms with Gasteiger partial charge in [0.1, 0.15) is 12.4 Å². The van der Waals surface area contributed by atoms with Gasteiger partial charge >= 0.3 is 0 Å². The van der Waals surface area contributed by atoms with E-state index in [2.05, 4.69) is 16.9 Å². The van der Waals surface area contributed by atoms with E-state index in [1.165, 1.54) is 12.1 Å². The van der Waals surface area contributed by atoms with Gasteiger partial charge in [0, 0.05) is 56.3 Å². The lowest BCUT2D eigenvalue weighted by atomic mass is 10.1. The van der Waals surface area contributed by atoms with E-state index in [9.17, 15) is 9.18 Å². The number of amides is 1. The molecule has 0 radical (unpaired) electrons. The number of carbonyl (C=O) groups excluding carboxylic acids is 1. The molecule has 2 aromatic heterocycles. The van der Waals surface area contributed by atoms with E-state index in [1.807, 2.05) is 23.1 Å². The average Bonchev–Trinajstić information content (AvgIpc) is 3.13. The summed E-state index contributed by atoms with van der Waals surface area (Å²) < 4.78 is 15.0. The summed E-state index contributed by atoms with van der Waals surface area (Å²) in [7, 11) is 2.07. The van der Waals surface area contributed by atoms with Gasteiger partial charge in [-0.3, -0.25) is 14.5 Å². The summed E-state index contributed by atoms with van der Waals surface area (Å²) in [6.45, 7) is 3.44. The van der Waals surface area contributed by atoms with E-state index in [0.717, 1.165) is 48.7 Å². The molecule has 0 atom stereocenters. The molecule has 1 aliphatic heterocycles. The van der Waals surface area contributed by atoms with Gasteiger partial charge in [0.25, 0.3) is 0 Å². The first-order valence-corrected chi connectivity index (χ1v) is 9.76. The Morgan fingerprint density at radius 2 is 1.72 bits per heavy atom. The maximum atomic E-state index is 13.3. The molecule has 3 aromatic rings. The van der Waals surface area contributed by atoms with Gasteiger partial charge in [0.2, 0.25) is 5.91 Å². The Kier molecular flexibility index (Phi) is 5.67. The molecule has 0 bridgehead atoms. The molecule has 0 aliphatic carbocycles. The number of hydrogen-bond donors (Lipinski definition) is 0. The van der Waals surface area contributed by atoms with Crippen LogP contribution in [0.3, 0.4) is 0 Å². The second-order valence-electron chi connectivity index (χ2n) is 7.40. The van der Waals surface area contributed by atoms with Crippen LogP contribution >= 0.6 is 0 Å². The second kappa shape index (κ2) is 8.53. The Labute approximate surface area is 169 Å². The van der Waals surface area contributed by atoms with Gasteiger partial charge in [-0.2, -0.15) is 5.10 Å². The standard InChI is InChI=1S/C22H24FN5O/c1-26-10-12-27(13-11-26)22(29)16-28-20(14-17-2-4-19(23)5-3-17)15-21(25-28)18-6-8-24-9-7-18/h2-9,15H,10-14,16H2,1H3. The molecule has 1 amide bonds. The third kappa shape index (κ3) is 4.68. The van der Waals surface area contributed by atoms with Crippen molar-refractivity contribution in [1.29, 1.82) is 0 Å². The maximum Gasteiger partial charge on any atom is 0.244 e. The number of nitrogens with zero attached hydrogens (tertiary/aromatic N) is 5. The zero-order valence-corrected chi connectivity index (χ0v) is 16.5. The van der Waals surface area contributed by atoms with Crippen molar-refractivity contribution in [1.82, 2.24) is 24.6 Å². The zero-order valence-electron chi connectivity index (χ0n) is 16.5. The number of hydrogen-bond acceptors (Lipinski definition) is 4. The highest BCUT2D eigenvalue weighted by molar-refractivity contribution is 5.76. The number of piperazine rings is 1. The predicted molar refractivity (Wildman–Crippen MR) is 109 cm³/mol. The molecule has 0 unspecified atom stereocenters. The highest BCUT2D eigenvalue weighted by Gasteiger charge is 2.21. The van der Waals surface area contributed by atoms with Crippen LogP contribution in [0.15, 0.2) is 54.9 Å². The number of halogens is 1. The van der Waals surface area contributed by atoms with Crippen molar-refractivity contribution in [3.63, 3.8) is 0 Å². The molecule has 0 N–H and O–H groups in total. The molecule has 3 heterocycles. The van der Waals surface area contributed by atoms with Gasteiger partial charge in [0.05, 0.1) is 5.69 Å². The Balaban J connectivity index is 1.59. The van der Waals surface area contributed by atoms with Gasteiger partial charge in [-0.15, -0.1) is 0 Å². The van der Waals surface area contributed by atoms with Crippen molar-refractivity contribution in [2.45, 2.75) is 13.0 Å². The largest absolute Gasteiger partial charge is 0.339 e. The maximum absolute atomic E-state index is 13.3. The Morgan fingerprint density at radius 3 is 2.41 bits per heavy atom. The zero-order chi connectivity index (χ0) is 20.2. The number of benzene rings is 1. The lowest BCUT2D eigenvalue weighted by Crippen LogP contribution is -2.48. The monoisotopic (exact) mass is 393 g/mol. The van der Waals surface area contributed by atoms with Crippen LogP contribution in [0.2, 0.25) is 0 Å². The first-order valence-electron chi connectivity index (χ1n) is 9.76. The molecule has 7 heteroatoms. The quantitative estimate of drug-likeness (QED) is 0.668. The fraction of sp³-hybridized carbons (Fsp3) is 0.318. The molecule has 1 aliphatic rings. The molecule has 1 aromatic carbocycles. The highest BCUT2D eigenvalue weighted by Crippen LogP contribution is 2.21. The Bertz CT molecular complexity index is 963. The van der Waals surface area contributed by atoms with Crippen LogP contribution in [0.1, 0.15) is 11.3 Å². The molecule has 6 nitrogen and oxygen atoms in total. The van der Waals surface area contributed by atoms with Crippen molar-refractivity contribution in [3.8, 4) is 11.3 Å². The second-order valence-corrected chi connectivity index (χ2v) is 7.40. The van der Waals surface area contributed by atoms with Crippen LogP contribution in [-0.4, -0.2) is 63.7 Å². The first kappa shape index (κ1) is 19.3.